The van der Waals surface area contributed by atoms with Gasteiger partial charge in [-0.1, -0.05) is 111 Å². The van der Waals surface area contributed by atoms with Gasteiger partial charge in [-0.05, 0) is 114 Å². The Bertz CT molecular complexity index is 2260. The van der Waals surface area contributed by atoms with Gasteiger partial charge in [0.15, 0.2) is 0 Å². The van der Waals surface area contributed by atoms with E-state index < -0.39 is 35.6 Å². The molecular formula is C48H57ClN2O6SSi. The van der Waals surface area contributed by atoms with Crippen LogP contribution < -0.4 is 24.7 Å². The van der Waals surface area contributed by atoms with Crippen molar-refractivity contribution in [3.05, 3.63) is 131 Å². The van der Waals surface area contributed by atoms with E-state index in [1.54, 1.807) is 25.1 Å². The molecule has 0 saturated heterocycles. The first-order chi connectivity index (χ1) is 28.2. The zero-order valence-corrected chi connectivity index (χ0v) is 37.1. The third kappa shape index (κ3) is 8.15. The number of nitrogens with one attached hydrogen (secondary N) is 1. The number of aliphatic hydroxyl groups is 1. The molecule has 6 atom stereocenters. The van der Waals surface area contributed by atoms with E-state index in [2.05, 4.69) is 66.8 Å². The second kappa shape index (κ2) is 16.5. The zero-order valence-electron chi connectivity index (χ0n) is 34.6. The van der Waals surface area contributed by atoms with E-state index in [1.807, 2.05) is 54.6 Å². The van der Waals surface area contributed by atoms with Crippen LogP contribution in [0, 0.1) is 17.8 Å². The van der Waals surface area contributed by atoms with Crippen molar-refractivity contribution in [3.8, 4) is 5.75 Å². The molecule has 4 aromatic carbocycles. The molecule has 4 aromatic rings. The molecular weight excluding hydrogens is 796 g/mol. The number of amides is 1. The van der Waals surface area contributed by atoms with Crippen LogP contribution in [0.2, 0.25) is 10.1 Å². The number of halogens is 1. The SMILES string of the molecule is C[C@H]1C[C@H](CO[Si](c2ccccc2)(c2ccccc2)C(C)(C)C)/C=C\[C@H](O)[C@@H]2CC[C@H]2CN2C[C@@]3(CCCc4cc(Cl)ccc43)COc3ccc(cc32)C(=O)NS1(=O)=O. The number of hydrogen-bond acceptors (Lipinski definition) is 7. The summed E-state index contributed by atoms with van der Waals surface area (Å²) in [4.78, 5) is 16.3. The number of benzene rings is 4. The van der Waals surface area contributed by atoms with Crippen LogP contribution in [0.5, 0.6) is 5.75 Å². The van der Waals surface area contributed by atoms with Crippen molar-refractivity contribution < 1.29 is 27.5 Å². The van der Waals surface area contributed by atoms with Crippen LogP contribution in [0.3, 0.4) is 0 Å². The highest BCUT2D eigenvalue weighted by atomic mass is 35.5. The Morgan fingerprint density at radius 1 is 0.966 bits per heavy atom. The summed E-state index contributed by atoms with van der Waals surface area (Å²) in [6, 6.07) is 32.2. The largest absolute Gasteiger partial charge is 0.490 e. The lowest BCUT2D eigenvalue weighted by atomic mass is 9.68. The van der Waals surface area contributed by atoms with Gasteiger partial charge < -0.3 is 19.2 Å². The van der Waals surface area contributed by atoms with Crippen LogP contribution in [0.25, 0.3) is 0 Å². The quantitative estimate of drug-likeness (QED) is 0.156. The molecule has 8 nitrogen and oxygen atoms in total. The maximum absolute atomic E-state index is 14.0. The van der Waals surface area contributed by atoms with Crippen molar-refractivity contribution >= 4 is 51.9 Å². The number of hydrogen-bond donors (Lipinski definition) is 2. The number of rotatable bonds is 5. The number of sulfonamides is 1. The number of aliphatic hydroxyl groups excluding tert-OH is 1. The molecule has 11 heteroatoms. The molecule has 2 heterocycles. The van der Waals surface area contributed by atoms with Gasteiger partial charge in [-0.2, -0.15) is 0 Å². The standard InChI is InChI=1S/C48H57ClN2O6SSi/c1-33-26-34(30-57-59(47(2,3)4,39-13-7-5-8-14-39)40-15-9-6-10-16-40)17-23-44(52)41-21-18-37(41)29-51-31-48(25-11-12-35-27-38(49)20-22-42(35)48)32-56-45-24-19-36(28-43(45)51)46(53)50-58(33,54)55/h5-10,13-17,19-20,22-24,27-28,33-34,37,41,44,52H,11-12,18,21,25-26,29-32H2,1-4H3,(H,50,53)/b23-17-/t33-,34+,37-,41+,44-,48-/m0/s1. The molecule has 1 spiro atoms. The van der Waals surface area contributed by atoms with Crippen LogP contribution in [-0.4, -0.2) is 65.4 Å². The molecule has 0 aromatic heterocycles. The first kappa shape index (κ1) is 41.8. The molecule has 8 rings (SSSR count). The van der Waals surface area contributed by atoms with Crippen LogP contribution in [0.4, 0.5) is 5.69 Å². The highest BCUT2D eigenvalue weighted by Crippen LogP contribution is 2.47. The molecule has 1 fully saturated rings. The van der Waals surface area contributed by atoms with Gasteiger partial charge >= 0.3 is 0 Å². The van der Waals surface area contributed by atoms with Gasteiger partial charge in [0.05, 0.1) is 23.6 Å². The molecule has 0 unspecified atom stereocenters. The Morgan fingerprint density at radius 3 is 2.34 bits per heavy atom. The van der Waals surface area contributed by atoms with Gasteiger partial charge in [0.1, 0.15) is 5.75 Å². The topological polar surface area (TPSA) is 105 Å². The molecule has 0 radical (unpaired) electrons. The molecule has 2 aliphatic heterocycles. The van der Waals surface area contributed by atoms with E-state index in [0.717, 1.165) is 53.2 Å². The first-order valence-electron chi connectivity index (χ1n) is 21.2. The molecule has 1 saturated carbocycles. The summed E-state index contributed by atoms with van der Waals surface area (Å²) in [5.41, 5.74) is 3.19. The number of anilines is 1. The van der Waals surface area contributed by atoms with Crippen LogP contribution in [-0.2, 0) is 26.3 Å². The Kier molecular flexibility index (Phi) is 11.7. The average Bonchev–Trinajstić information content (AvgIpc) is 3.35. The predicted molar refractivity (Wildman–Crippen MR) is 239 cm³/mol. The minimum atomic E-state index is -4.12. The molecule has 2 N–H and O–H groups in total. The Balaban J connectivity index is 1.15. The van der Waals surface area contributed by atoms with Gasteiger partial charge in [0.2, 0.25) is 10.0 Å². The van der Waals surface area contributed by atoms with Gasteiger partial charge in [0, 0.05) is 41.6 Å². The van der Waals surface area contributed by atoms with Crippen molar-refractivity contribution in [3.63, 3.8) is 0 Å². The Morgan fingerprint density at radius 2 is 1.68 bits per heavy atom. The molecule has 59 heavy (non-hydrogen) atoms. The molecule has 1 amide bonds. The van der Waals surface area contributed by atoms with Gasteiger partial charge in [-0.15, -0.1) is 0 Å². The lowest BCUT2D eigenvalue weighted by Crippen LogP contribution is -2.66. The normalized spacial score (nSPS) is 27.6. The fourth-order valence-electron chi connectivity index (χ4n) is 10.3. The third-order valence-electron chi connectivity index (χ3n) is 13.6. The molecule has 2 aliphatic carbocycles. The van der Waals surface area contributed by atoms with E-state index >= 15 is 0 Å². The van der Waals surface area contributed by atoms with E-state index in [-0.39, 0.29) is 46.8 Å². The number of carbonyl (C=O) groups is 1. The first-order valence-corrected chi connectivity index (χ1v) is 25.0. The monoisotopic (exact) mass is 852 g/mol. The minimum absolute atomic E-state index is 0.0195. The van der Waals surface area contributed by atoms with E-state index in [0.29, 0.717) is 25.4 Å². The van der Waals surface area contributed by atoms with Gasteiger partial charge in [-0.3, -0.25) is 4.79 Å². The molecule has 4 aliphatic rings. The number of ether oxygens (including phenoxy) is 1. The number of aryl methyl sites for hydroxylation is 1. The summed E-state index contributed by atoms with van der Waals surface area (Å²) in [6.45, 7) is 10.3. The van der Waals surface area contributed by atoms with Crippen LogP contribution in [0.1, 0.15) is 81.3 Å². The molecule has 312 valence electrons. The number of carbonyl (C=O) groups excluding carboxylic acids is 1. The second-order valence-electron chi connectivity index (χ2n) is 18.4. The average molecular weight is 854 g/mol. The summed E-state index contributed by atoms with van der Waals surface area (Å²) in [5.74, 6) is -0.158. The smallest absolute Gasteiger partial charge is 0.264 e. The highest BCUT2D eigenvalue weighted by Gasteiger charge is 2.51. The van der Waals surface area contributed by atoms with Crippen molar-refractivity contribution in [2.24, 2.45) is 17.8 Å². The number of fused-ring (bicyclic) bond motifs is 4. The summed E-state index contributed by atoms with van der Waals surface area (Å²) < 4.78 is 44.4. The van der Waals surface area contributed by atoms with Gasteiger partial charge in [-0.25, -0.2) is 13.1 Å². The van der Waals surface area contributed by atoms with E-state index in [1.165, 1.54) is 11.1 Å². The fraction of sp³-hybridized carbons (Fsp3) is 0.438. The van der Waals surface area contributed by atoms with Crippen LogP contribution >= 0.6 is 11.6 Å². The van der Waals surface area contributed by atoms with E-state index in [9.17, 15) is 18.3 Å². The van der Waals surface area contributed by atoms with Crippen molar-refractivity contribution in [1.82, 2.24) is 4.72 Å². The summed E-state index contributed by atoms with van der Waals surface area (Å²) in [6.07, 6.45) is 8.07. The molecule has 2 bridgehead atoms. The van der Waals surface area contributed by atoms with Crippen LogP contribution in [0.15, 0.2) is 109 Å². The van der Waals surface area contributed by atoms with Gasteiger partial charge in [0.25, 0.3) is 14.2 Å². The van der Waals surface area contributed by atoms with Crippen molar-refractivity contribution in [2.75, 3.05) is 31.2 Å². The summed E-state index contributed by atoms with van der Waals surface area (Å²) in [5, 5.41) is 13.7. The van der Waals surface area contributed by atoms with E-state index in [4.69, 9.17) is 20.8 Å². The maximum Gasteiger partial charge on any atom is 0.264 e. The third-order valence-corrected chi connectivity index (χ3v) is 20.5. The Labute approximate surface area is 356 Å². The highest BCUT2D eigenvalue weighted by molar-refractivity contribution is 7.90. The maximum atomic E-state index is 14.0. The predicted octanol–water partition coefficient (Wildman–Crippen LogP) is 7.80. The number of nitrogens with zero attached hydrogens (tertiary/aromatic N) is 1. The van der Waals surface area contributed by atoms with Crippen molar-refractivity contribution in [2.45, 2.75) is 88.0 Å². The summed E-state index contributed by atoms with van der Waals surface area (Å²) in [7, 11) is -7.08. The minimum Gasteiger partial charge on any atom is -0.490 e. The summed E-state index contributed by atoms with van der Waals surface area (Å²) >= 11 is 6.48. The zero-order chi connectivity index (χ0) is 41.6. The lowest BCUT2D eigenvalue weighted by molar-refractivity contribution is 0.0453. The van der Waals surface area contributed by atoms with Crippen molar-refractivity contribution in [1.29, 1.82) is 0 Å². The lowest BCUT2D eigenvalue weighted by Gasteiger charge is -2.45. The Hall–Kier alpha value is -3.93. The second-order valence-corrected chi connectivity index (χ2v) is 25.3. The fourth-order valence-corrected chi connectivity index (χ4v) is 16.2.